The van der Waals surface area contributed by atoms with Crippen LogP contribution in [0.1, 0.15) is 5.56 Å². The van der Waals surface area contributed by atoms with Gasteiger partial charge in [0.2, 0.25) is 3.79 Å². The first-order chi connectivity index (χ1) is 7.41. The molecule has 0 aliphatic carbocycles. The average Bonchev–Trinajstić information content (AvgIpc) is 2.29. The van der Waals surface area contributed by atoms with Crippen molar-refractivity contribution in [3.8, 4) is 0 Å². The second-order valence-corrected chi connectivity index (χ2v) is 4.92. The molecule has 1 rings (SSSR count). The van der Waals surface area contributed by atoms with Crippen LogP contribution >= 0.6 is 34.8 Å². The zero-order valence-electron chi connectivity index (χ0n) is 8.86. The second-order valence-electron chi connectivity index (χ2n) is 2.64. The lowest BCUT2D eigenvalue weighted by atomic mass is 10.2. The van der Waals surface area contributed by atoms with Gasteiger partial charge in [-0.2, -0.15) is 0 Å². The number of ether oxygens (including phenoxy) is 2. The van der Waals surface area contributed by atoms with E-state index < -0.39 is 10.3 Å². The molecule has 92 valence electrons. The minimum atomic E-state index is -1.29. The van der Waals surface area contributed by atoms with Crippen LogP contribution in [0.2, 0.25) is 0 Å². The molecule has 0 aliphatic rings. The first-order valence-electron chi connectivity index (χ1n) is 4.27. The maximum absolute atomic E-state index is 8.22. The lowest BCUT2D eigenvalue weighted by Gasteiger charge is -2.09. The molecule has 1 aromatic rings. The summed E-state index contributed by atoms with van der Waals surface area (Å²) in [7, 11) is 2.71. The first-order valence-corrected chi connectivity index (χ1v) is 5.41. The number of benzene rings is 1. The van der Waals surface area contributed by atoms with Gasteiger partial charge < -0.3 is 14.6 Å². The molecule has 0 radical (unpaired) electrons. The van der Waals surface area contributed by atoms with Crippen LogP contribution in [0.3, 0.4) is 0 Å². The quantitative estimate of drug-likeness (QED) is 0.671. The lowest BCUT2D eigenvalue weighted by Crippen LogP contribution is -2.09. The third kappa shape index (κ3) is 7.28. The molecule has 3 nitrogen and oxygen atoms in total. The summed E-state index contributed by atoms with van der Waals surface area (Å²) < 4.78 is 7.17. The molecule has 0 aliphatic heterocycles. The van der Waals surface area contributed by atoms with Gasteiger partial charge >= 0.3 is 0 Å². The van der Waals surface area contributed by atoms with Crippen LogP contribution in [0.4, 0.5) is 0 Å². The lowest BCUT2D eigenvalue weighted by molar-refractivity contribution is -0.236. The summed E-state index contributed by atoms with van der Waals surface area (Å²) in [6.07, 6.45) is 0. The Morgan fingerprint density at radius 1 is 1.06 bits per heavy atom. The standard InChI is InChI=1S/C7H5Cl3.C3H8O3/c8-7(9,10)6-4-2-1-3-5-6;1-5-3(4)6-2/h1-5H;3-4H,1-2H3. The largest absolute Gasteiger partial charge is 0.346 e. The van der Waals surface area contributed by atoms with Crippen LogP contribution in [0.5, 0.6) is 0 Å². The van der Waals surface area contributed by atoms with Gasteiger partial charge in [0.15, 0.2) is 0 Å². The molecule has 0 unspecified atom stereocenters. The number of rotatable bonds is 2. The Bertz CT molecular complexity index is 270. The Morgan fingerprint density at radius 2 is 1.50 bits per heavy atom. The number of methoxy groups -OCH3 is 2. The minimum absolute atomic E-state index is 0.694. The van der Waals surface area contributed by atoms with E-state index in [0.717, 1.165) is 0 Å². The molecule has 0 heterocycles. The maximum Gasteiger partial charge on any atom is 0.268 e. The number of hydrogen-bond acceptors (Lipinski definition) is 3. The molecule has 1 N–H and O–H groups in total. The zero-order chi connectivity index (χ0) is 12.6. The molecule has 0 amide bonds. The summed E-state index contributed by atoms with van der Waals surface area (Å²) in [5.74, 6) is 0. The Morgan fingerprint density at radius 3 is 1.69 bits per heavy atom. The Kier molecular flexibility index (Phi) is 8.10. The number of aliphatic hydroxyl groups excluding tert-OH is 1. The van der Waals surface area contributed by atoms with E-state index in [1.165, 1.54) is 14.2 Å². The Labute approximate surface area is 110 Å². The van der Waals surface area contributed by atoms with Crippen molar-refractivity contribution >= 4 is 34.8 Å². The van der Waals surface area contributed by atoms with Crippen molar-refractivity contribution in [3.05, 3.63) is 35.9 Å². The molecular weight excluding hydrogens is 274 g/mol. The zero-order valence-corrected chi connectivity index (χ0v) is 11.1. The highest BCUT2D eigenvalue weighted by Gasteiger charge is 2.21. The van der Waals surface area contributed by atoms with Crippen LogP contribution in [-0.2, 0) is 13.3 Å². The topological polar surface area (TPSA) is 38.7 Å². The third-order valence-corrected chi connectivity index (χ3v) is 2.16. The first kappa shape index (κ1) is 16.0. The van der Waals surface area contributed by atoms with E-state index in [-0.39, 0.29) is 0 Å². The van der Waals surface area contributed by atoms with Crippen LogP contribution in [-0.4, -0.2) is 25.8 Å². The molecule has 16 heavy (non-hydrogen) atoms. The Hall–Kier alpha value is -0.0300. The van der Waals surface area contributed by atoms with E-state index >= 15 is 0 Å². The van der Waals surface area contributed by atoms with E-state index in [0.29, 0.717) is 5.56 Å². The van der Waals surface area contributed by atoms with Gasteiger partial charge in [0, 0.05) is 19.8 Å². The van der Waals surface area contributed by atoms with Crippen LogP contribution in [0.25, 0.3) is 0 Å². The van der Waals surface area contributed by atoms with Crippen molar-refractivity contribution in [2.45, 2.75) is 10.3 Å². The van der Waals surface area contributed by atoms with Gasteiger partial charge in [0.1, 0.15) is 0 Å². The highest BCUT2D eigenvalue weighted by molar-refractivity contribution is 6.66. The van der Waals surface area contributed by atoms with E-state index in [4.69, 9.17) is 39.9 Å². The summed E-state index contributed by atoms with van der Waals surface area (Å²) in [4.78, 5) is 0. The van der Waals surface area contributed by atoms with Crippen LogP contribution < -0.4 is 0 Å². The van der Waals surface area contributed by atoms with Crippen LogP contribution in [0.15, 0.2) is 30.3 Å². The monoisotopic (exact) mass is 286 g/mol. The fraction of sp³-hybridized carbons (Fsp3) is 0.400. The molecule has 0 aromatic heterocycles. The molecule has 0 atom stereocenters. The summed E-state index contributed by atoms with van der Waals surface area (Å²) >= 11 is 16.8. The maximum atomic E-state index is 8.22. The summed E-state index contributed by atoms with van der Waals surface area (Å²) in [6.45, 7) is -1.06. The number of aliphatic hydroxyl groups is 1. The van der Waals surface area contributed by atoms with Crippen molar-refractivity contribution < 1.29 is 14.6 Å². The molecule has 1 aromatic carbocycles. The smallest absolute Gasteiger partial charge is 0.268 e. The average molecular weight is 288 g/mol. The molecular formula is C10H13Cl3O3. The molecule has 0 bridgehead atoms. The van der Waals surface area contributed by atoms with Gasteiger partial charge in [-0.3, -0.25) is 0 Å². The van der Waals surface area contributed by atoms with Gasteiger partial charge in [0.05, 0.1) is 0 Å². The third-order valence-electron chi connectivity index (χ3n) is 1.50. The Balaban J connectivity index is 0.000000325. The van der Waals surface area contributed by atoms with E-state index in [2.05, 4.69) is 9.47 Å². The van der Waals surface area contributed by atoms with E-state index in [9.17, 15) is 0 Å². The molecule has 6 heteroatoms. The summed E-state index contributed by atoms with van der Waals surface area (Å²) in [5, 5.41) is 8.22. The van der Waals surface area contributed by atoms with Gasteiger partial charge in [0.25, 0.3) is 6.48 Å². The SMILES string of the molecule is COC(O)OC.ClC(Cl)(Cl)c1ccccc1. The van der Waals surface area contributed by atoms with E-state index in [1.807, 2.05) is 18.2 Å². The second kappa shape index (κ2) is 8.12. The fourth-order valence-electron chi connectivity index (χ4n) is 0.723. The normalized spacial score (nSPS) is 10.9. The predicted octanol–water partition coefficient (Wildman–Crippen LogP) is 3.07. The van der Waals surface area contributed by atoms with Gasteiger partial charge in [-0.25, -0.2) is 0 Å². The summed E-state index contributed by atoms with van der Waals surface area (Å²) in [5.41, 5.74) is 0.694. The van der Waals surface area contributed by atoms with Crippen LogP contribution in [0, 0.1) is 0 Å². The minimum Gasteiger partial charge on any atom is -0.346 e. The van der Waals surface area contributed by atoms with Crippen molar-refractivity contribution in [1.82, 2.24) is 0 Å². The van der Waals surface area contributed by atoms with E-state index in [1.54, 1.807) is 12.1 Å². The van der Waals surface area contributed by atoms with Crippen molar-refractivity contribution in [1.29, 1.82) is 0 Å². The van der Waals surface area contributed by atoms with Gasteiger partial charge in [-0.05, 0) is 0 Å². The molecule has 0 saturated carbocycles. The molecule has 0 spiro atoms. The number of hydrogen-bond donors (Lipinski definition) is 1. The van der Waals surface area contributed by atoms with Crippen molar-refractivity contribution in [3.63, 3.8) is 0 Å². The highest BCUT2D eigenvalue weighted by Crippen LogP contribution is 2.37. The van der Waals surface area contributed by atoms with Crippen molar-refractivity contribution in [2.75, 3.05) is 14.2 Å². The number of alkyl halides is 3. The molecule has 0 saturated heterocycles. The highest BCUT2D eigenvalue weighted by atomic mass is 35.6. The van der Waals surface area contributed by atoms with Gasteiger partial charge in [-0.1, -0.05) is 65.1 Å². The van der Waals surface area contributed by atoms with Gasteiger partial charge in [-0.15, -0.1) is 0 Å². The fourth-order valence-corrected chi connectivity index (χ4v) is 1.10. The number of halogens is 3. The summed E-state index contributed by atoms with van der Waals surface area (Å²) in [6, 6.07) is 9.08. The predicted molar refractivity (Wildman–Crippen MR) is 65.7 cm³/mol. The van der Waals surface area contributed by atoms with Crippen molar-refractivity contribution in [2.24, 2.45) is 0 Å². The molecule has 0 fully saturated rings.